The molecule has 0 saturated carbocycles. The monoisotopic (exact) mass is 318 g/mol. The number of aromatic hydroxyl groups is 1. The van der Waals surface area contributed by atoms with Gasteiger partial charge in [0.05, 0.1) is 19.7 Å². The zero-order valence-electron chi connectivity index (χ0n) is 11.9. The summed E-state index contributed by atoms with van der Waals surface area (Å²) < 4.78 is 5.06. The predicted octanol–water partition coefficient (Wildman–Crippen LogP) is 2.75. The lowest BCUT2D eigenvalue weighted by Gasteiger charge is -2.03. The number of carbonyl (C=O) groups is 1. The van der Waals surface area contributed by atoms with Gasteiger partial charge in [-0.15, -0.1) is 0 Å². The summed E-state index contributed by atoms with van der Waals surface area (Å²) in [6, 6.07) is 11.7. The van der Waals surface area contributed by atoms with Crippen LogP contribution >= 0.6 is 11.6 Å². The van der Waals surface area contributed by atoms with Crippen molar-refractivity contribution in [2.24, 2.45) is 5.10 Å². The maximum atomic E-state index is 11.8. The standard InChI is InChI=1S/C16H15ClN2O3/c1-22-14-6-7-15(20)12(9-14)10-18-19-16(21)8-11-2-4-13(17)5-3-11/h2-7,9-10,20H,8H2,1H3,(H,19,21)/b18-10-. The van der Waals surface area contributed by atoms with Gasteiger partial charge in [0.25, 0.3) is 0 Å². The molecule has 0 saturated heterocycles. The second kappa shape index (κ2) is 7.47. The average molecular weight is 319 g/mol. The van der Waals surface area contributed by atoms with Gasteiger partial charge in [-0.25, -0.2) is 5.43 Å². The SMILES string of the molecule is COc1ccc(O)c(/C=N\NC(=O)Cc2ccc(Cl)cc2)c1. The zero-order chi connectivity index (χ0) is 15.9. The Morgan fingerprint density at radius 2 is 2.05 bits per heavy atom. The minimum absolute atomic E-state index is 0.0523. The van der Waals surface area contributed by atoms with E-state index in [4.69, 9.17) is 16.3 Å². The highest BCUT2D eigenvalue weighted by molar-refractivity contribution is 6.30. The fourth-order valence-electron chi connectivity index (χ4n) is 1.76. The summed E-state index contributed by atoms with van der Waals surface area (Å²) in [7, 11) is 1.53. The smallest absolute Gasteiger partial charge is 0.244 e. The van der Waals surface area contributed by atoms with E-state index in [0.29, 0.717) is 16.3 Å². The van der Waals surface area contributed by atoms with Crippen LogP contribution in [0.5, 0.6) is 11.5 Å². The van der Waals surface area contributed by atoms with Crippen molar-refractivity contribution in [3.8, 4) is 11.5 Å². The highest BCUT2D eigenvalue weighted by Gasteiger charge is 2.03. The van der Waals surface area contributed by atoms with Gasteiger partial charge in [-0.05, 0) is 35.9 Å². The van der Waals surface area contributed by atoms with Crippen molar-refractivity contribution in [1.82, 2.24) is 5.43 Å². The number of benzene rings is 2. The average Bonchev–Trinajstić information content (AvgIpc) is 2.51. The Morgan fingerprint density at radius 3 is 2.73 bits per heavy atom. The summed E-state index contributed by atoms with van der Waals surface area (Å²) >= 11 is 5.78. The molecule has 0 radical (unpaired) electrons. The molecule has 0 aliphatic carbocycles. The number of phenolic OH excluding ortho intramolecular Hbond substituents is 1. The number of hydrogen-bond donors (Lipinski definition) is 2. The Morgan fingerprint density at radius 1 is 1.32 bits per heavy atom. The number of rotatable bonds is 5. The van der Waals surface area contributed by atoms with Gasteiger partial charge in [-0.1, -0.05) is 23.7 Å². The van der Waals surface area contributed by atoms with E-state index < -0.39 is 0 Å². The van der Waals surface area contributed by atoms with Crippen LogP contribution in [0.25, 0.3) is 0 Å². The van der Waals surface area contributed by atoms with Crippen LogP contribution in [-0.4, -0.2) is 24.3 Å². The van der Waals surface area contributed by atoms with E-state index in [1.807, 2.05) is 0 Å². The summed E-state index contributed by atoms with van der Waals surface area (Å²) in [5.74, 6) is 0.379. The lowest BCUT2D eigenvalue weighted by atomic mass is 10.1. The van der Waals surface area contributed by atoms with Gasteiger partial charge < -0.3 is 9.84 Å². The number of nitrogens with zero attached hydrogens (tertiary/aromatic N) is 1. The third-order valence-corrected chi connectivity index (χ3v) is 3.16. The largest absolute Gasteiger partial charge is 0.507 e. The van der Waals surface area contributed by atoms with Crippen molar-refractivity contribution in [1.29, 1.82) is 0 Å². The molecule has 0 unspecified atom stereocenters. The first-order chi connectivity index (χ1) is 10.6. The van der Waals surface area contributed by atoms with Crippen molar-refractivity contribution in [2.75, 3.05) is 7.11 Å². The molecule has 0 aliphatic heterocycles. The third-order valence-electron chi connectivity index (χ3n) is 2.91. The van der Waals surface area contributed by atoms with Crippen LogP contribution in [0.2, 0.25) is 5.02 Å². The summed E-state index contributed by atoms with van der Waals surface area (Å²) in [5.41, 5.74) is 3.69. The number of hydrazone groups is 1. The fourth-order valence-corrected chi connectivity index (χ4v) is 1.89. The molecule has 2 aromatic rings. The molecule has 5 nitrogen and oxygen atoms in total. The zero-order valence-corrected chi connectivity index (χ0v) is 12.7. The molecule has 114 valence electrons. The number of nitrogens with one attached hydrogen (secondary N) is 1. The van der Waals surface area contributed by atoms with E-state index in [2.05, 4.69) is 10.5 Å². The molecular weight excluding hydrogens is 304 g/mol. The normalized spacial score (nSPS) is 10.6. The van der Waals surface area contributed by atoms with E-state index in [1.165, 1.54) is 19.4 Å². The Kier molecular flexibility index (Phi) is 5.38. The molecular formula is C16H15ClN2O3. The first kappa shape index (κ1) is 15.9. The molecule has 2 aromatic carbocycles. The first-order valence-corrected chi connectivity index (χ1v) is 6.89. The van der Waals surface area contributed by atoms with Crippen LogP contribution in [-0.2, 0) is 11.2 Å². The lowest BCUT2D eigenvalue weighted by Crippen LogP contribution is -2.19. The van der Waals surface area contributed by atoms with E-state index >= 15 is 0 Å². The molecule has 0 atom stereocenters. The van der Waals surface area contributed by atoms with E-state index in [0.717, 1.165) is 5.56 Å². The Balaban J connectivity index is 1.94. The lowest BCUT2D eigenvalue weighted by molar-refractivity contribution is -0.120. The molecule has 0 aromatic heterocycles. The number of hydrogen-bond acceptors (Lipinski definition) is 4. The molecule has 0 heterocycles. The van der Waals surface area contributed by atoms with Crippen LogP contribution in [0.15, 0.2) is 47.6 Å². The molecule has 0 bridgehead atoms. The van der Waals surface area contributed by atoms with E-state index in [9.17, 15) is 9.90 Å². The van der Waals surface area contributed by atoms with Crippen LogP contribution in [0.1, 0.15) is 11.1 Å². The molecule has 0 aliphatic rings. The minimum atomic E-state index is -0.263. The summed E-state index contributed by atoms with van der Waals surface area (Å²) in [4.78, 5) is 11.8. The fraction of sp³-hybridized carbons (Fsp3) is 0.125. The highest BCUT2D eigenvalue weighted by Crippen LogP contribution is 2.20. The van der Waals surface area contributed by atoms with Crippen LogP contribution in [0.3, 0.4) is 0 Å². The molecule has 1 amide bonds. The number of amides is 1. The number of ether oxygens (including phenoxy) is 1. The predicted molar refractivity (Wildman–Crippen MR) is 85.6 cm³/mol. The Labute approximate surface area is 133 Å². The molecule has 2 rings (SSSR count). The third kappa shape index (κ3) is 4.49. The molecule has 0 fully saturated rings. The van der Waals surface area contributed by atoms with Gasteiger partial charge in [-0.2, -0.15) is 5.10 Å². The number of methoxy groups -OCH3 is 1. The number of halogens is 1. The molecule has 22 heavy (non-hydrogen) atoms. The maximum absolute atomic E-state index is 11.8. The summed E-state index contributed by atoms with van der Waals surface area (Å²) in [6.07, 6.45) is 1.55. The van der Waals surface area contributed by atoms with Crippen molar-refractivity contribution < 1.29 is 14.6 Å². The van der Waals surface area contributed by atoms with Crippen molar-refractivity contribution in [3.63, 3.8) is 0 Å². The second-order valence-corrected chi connectivity index (χ2v) is 4.96. The molecule has 0 spiro atoms. The number of carbonyl (C=O) groups excluding carboxylic acids is 1. The highest BCUT2D eigenvalue weighted by atomic mass is 35.5. The molecule has 6 heteroatoms. The van der Waals surface area contributed by atoms with Gasteiger partial charge in [0.1, 0.15) is 11.5 Å². The van der Waals surface area contributed by atoms with Crippen molar-refractivity contribution >= 4 is 23.7 Å². The van der Waals surface area contributed by atoms with Gasteiger partial charge in [-0.3, -0.25) is 4.79 Å². The van der Waals surface area contributed by atoms with Gasteiger partial charge in [0.2, 0.25) is 5.91 Å². The Hall–Kier alpha value is -2.53. The van der Waals surface area contributed by atoms with Crippen LogP contribution in [0.4, 0.5) is 0 Å². The van der Waals surface area contributed by atoms with E-state index in [-0.39, 0.29) is 18.1 Å². The topological polar surface area (TPSA) is 70.9 Å². The Bertz CT molecular complexity index is 684. The maximum Gasteiger partial charge on any atom is 0.244 e. The van der Waals surface area contributed by atoms with Crippen molar-refractivity contribution in [2.45, 2.75) is 6.42 Å². The minimum Gasteiger partial charge on any atom is -0.507 e. The van der Waals surface area contributed by atoms with Crippen LogP contribution < -0.4 is 10.2 Å². The van der Waals surface area contributed by atoms with E-state index in [1.54, 1.807) is 36.4 Å². The van der Waals surface area contributed by atoms with Gasteiger partial charge in [0, 0.05) is 10.6 Å². The summed E-state index contributed by atoms with van der Waals surface area (Å²) in [6.45, 7) is 0. The first-order valence-electron chi connectivity index (χ1n) is 6.52. The summed E-state index contributed by atoms with van der Waals surface area (Å²) in [5, 5.41) is 14.1. The quantitative estimate of drug-likeness (QED) is 0.658. The molecule has 2 N–H and O–H groups in total. The number of phenols is 1. The second-order valence-electron chi connectivity index (χ2n) is 4.52. The van der Waals surface area contributed by atoms with Crippen LogP contribution in [0, 0.1) is 0 Å². The van der Waals surface area contributed by atoms with Gasteiger partial charge in [0.15, 0.2) is 0 Å². The van der Waals surface area contributed by atoms with Crippen molar-refractivity contribution in [3.05, 3.63) is 58.6 Å². The van der Waals surface area contributed by atoms with Gasteiger partial charge >= 0.3 is 0 Å².